The fraction of sp³-hybridized carbons (Fsp3) is 0.833. The normalized spacial score (nSPS) is 17.9. The van der Waals surface area contributed by atoms with Crippen molar-refractivity contribution in [2.24, 2.45) is 0 Å². The van der Waals surface area contributed by atoms with Crippen LogP contribution in [-0.4, -0.2) is 35.6 Å². The van der Waals surface area contributed by atoms with Crippen LogP contribution in [0.3, 0.4) is 0 Å². The minimum atomic E-state index is -0.957. The average Bonchev–Trinajstić information content (AvgIpc) is 2.78. The smallest absolute Gasteiger partial charge is 0.326 e. The van der Waals surface area contributed by atoms with Crippen molar-refractivity contribution in [3.05, 3.63) is 0 Å². The highest BCUT2D eigenvalue weighted by Crippen LogP contribution is 2.17. The molecule has 0 aliphatic heterocycles. The van der Waals surface area contributed by atoms with Crippen LogP contribution in [0, 0.1) is 0 Å². The molecule has 0 bridgehead atoms. The zero-order valence-electron chi connectivity index (χ0n) is 10.4. The van der Waals surface area contributed by atoms with Crippen LogP contribution in [0.1, 0.15) is 45.4 Å². The molecule has 0 unspecified atom stereocenters. The van der Waals surface area contributed by atoms with Gasteiger partial charge in [0.2, 0.25) is 5.91 Å². The largest absolute Gasteiger partial charge is 0.480 e. The Hall–Kier alpha value is -1.10. The second-order valence-corrected chi connectivity index (χ2v) is 4.61. The summed E-state index contributed by atoms with van der Waals surface area (Å²) >= 11 is 0. The van der Waals surface area contributed by atoms with Crippen LogP contribution in [0.4, 0.5) is 0 Å². The number of amides is 1. The number of carboxylic acids is 1. The van der Waals surface area contributed by atoms with Crippen molar-refractivity contribution >= 4 is 11.9 Å². The van der Waals surface area contributed by atoms with Gasteiger partial charge in [-0.05, 0) is 19.3 Å². The molecule has 1 aliphatic carbocycles. The summed E-state index contributed by atoms with van der Waals surface area (Å²) in [5.41, 5.74) is 0. The van der Waals surface area contributed by atoms with Crippen molar-refractivity contribution in [1.82, 2.24) is 10.6 Å². The minimum absolute atomic E-state index is 0.220. The van der Waals surface area contributed by atoms with Gasteiger partial charge in [-0.15, -0.1) is 0 Å². The Kier molecular flexibility index (Phi) is 5.97. The number of rotatable bonds is 7. The molecule has 0 saturated heterocycles. The lowest BCUT2D eigenvalue weighted by atomic mass is 10.1. The fourth-order valence-electron chi connectivity index (χ4n) is 2.16. The van der Waals surface area contributed by atoms with E-state index < -0.39 is 12.0 Å². The molecule has 1 aliphatic rings. The van der Waals surface area contributed by atoms with Crippen molar-refractivity contribution in [2.75, 3.05) is 6.54 Å². The van der Waals surface area contributed by atoms with Gasteiger partial charge in [0.1, 0.15) is 6.04 Å². The first-order chi connectivity index (χ1) is 8.13. The summed E-state index contributed by atoms with van der Waals surface area (Å²) in [5, 5.41) is 14.6. The van der Waals surface area contributed by atoms with Gasteiger partial charge in [0, 0.05) is 6.04 Å². The molecule has 3 N–H and O–H groups in total. The number of hydrogen-bond donors (Lipinski definition) is 3. The van der Waals surface area contributed by atoms with Gasteiger partial charge < -0.3 is 15.7 Å². The molecule has 0 heterocycles. The molecule has 0 aromatic rings. The molecule has 17 heavy (non-hydrogen) atoms. The summed E-state index contributed by atoms with van der Waals surface area (Å²) in [5.74, 6) is -1.18. The summed E-state index contributed by atoms with van der Waals surface area (Å²) < 4.78 is 0. The maximum atomic E-state index is 11.6. The summed E-state index contributed by atoms with van der Waals surface area (Å²) in [6.07, 6.45) is 5.88. The van der Waals surface area contributed by atoms with Crippen molar-refractivity contribution < 1.29 is 14.7 Å². The molecule has 1 amide bonds. The van der Waals surface area contributed by atoms with Crippen LogP contribution in [0.2, 0.25) is 0 Å². The molecule has 0 radical (unpaired) electrons. The summed E-state index contributed by atoms with van der Waals surface area (Å²) in [4.78, 5) is 22.4. The van der Waals surface area contributed by atoms with Gasteiger partial charge >= 0.3 is 5.97 Å². The van der Waals surface area contributed by atoms with Crippen LogP contribution < -0.4 is 10.6 Å². The average molecular weight is 242 g/mol. The Morgan fingerprint density at radius 3 is 2.53 bits per heavy atom. The molecular formula is C12H22N2O3. The maximum absolute atomic E-state index is 11.6. The molecule has 1 atom stereocenters. The van der Waals surface area contributed by atoms with Crippen molar-refractivity contribution in [3.63, 3.8) is 0 Å². The highest BCUT2D eigenvalue weighted by molar-refractivity contribution is 5.84. The molecule has 0 spiro atoms. The molecule has 98 valence electrons. The molecule has 0 aromatic heterocycles. The number of hydrogen-bond acceptors (Lipinski definition) is 3. The lowest BCUT2D eigenvalue weighted by Crippen LogP contribution is -2.45. The first-order valence-corrected chi connectivity index (χ1v) is 6.39. The zero-order valence-corrected chi connectivity index (χ0v) is 10.4. The van der Waals surface area contributed by atoms with Gasteiger partial charge in [-0.1, -0.05) is 26.2 Å². The summed E-state index contributed by atoms with van der Waals surface area (Å²) in [6, 6.07) is -0.326. The van der Waals surface area contributed by atoms with Crippen molar-refractivity contribution in [3.8, 4) is 0 Å². The van der Waals surface area contributed by atoms with E-state index in [1.54, 1.807) is 0 Å². The third kappa shape index (κ3) is 5.17. The van der Waals surface area contributed by atoms with Gasteiger partial charge in [0.05, 0.1) is 6.54 Å². The topological polar surface area (TPSA) is 78.4 Å². The number of nitrogens with one attached hydrogen (secondary N) is 2. The Balaban J connectivity index is 2.23. The van der Waals surface area contributed by atoms with Crippen LogP contribution in [0.15, 0.2) is 0 Å². The summed E-state index contributed by atoms with van der Waals surface area (Å²) in [6.45, 7) is 2.12. The Labute approximate surface area is 102 Å². The van der Waals surface area contributed by atoms with E-state index in [1.807, 2.05) is 6.92 Å². The van der Waals surface area contributed by atoms with E-state index >= 15 is 0 Å². The van der Waals surface area contributed by atoms with Gasteiger partial charge in [-0.3, -0.25) is 4.79 Å². The van der Waals surface area contributed by atoms with E-state index in [2.05, 4.69) is 10.6 Å². The zero-order chi connectivity index (χ0) is 12.7. The molecule has 5 heteroatoms. The number of carbonyl (C=O) groups is 2. The quantitative estimate of drug-likeness (QED) is 0.619. The van der Waals surface area contributed by atoms with E-state index in [-0.39, 0.29) is 12.5 Å². The lowest BCUT2D eigenvalue weighted by molar-refractivity contribution is -0.141. The molecule has 5 nitrogen and oxygen atoms in total. The first kappa shape index (κ1) is 14.0. The minimum Gasteiger partial charge on any atom is -0.480 e. The second kappa shape index (κ2) is 7.27. The highest BCUT2D eigenvalue weighted by atomic mass is 16.4. The van der Waals surface area contributed by atoms with Crippen molar-refractivity contribution in [1.29, 1.82) is 0 Å². The van der Waals surface area contributed by atoms with E-state index in [4.69, 9.17) is 5.11 Å². The van der Waals surface area contributed by atoms with E-state index in [0.717, 1.165) is 19.3 Å². The molecular weight excluding hydrogens is 220 g/mol. The molecule has 1 fully saturated rings. The Bertz CT molecular complexity index is 262. The molecule has 1 rings (SSSR count). The number of aliphatic carboxylic acids is 1. The molecule has 1 saturated carbocycles. The standard InChI is InChI=1S/C12H22N2O3/c1-2-5-10(12(16)17)14-11(15)8-13-9-6-3-4-7-9/h9-10,13H,2-8H2,1H3,(H,14,15)(H,16,17)/t10-/m1/s1. The fourth-order valence-corrected chi connectivity index (χ4v) is 2.16. The third-order valence-corrected chi connectivity index (χ3v) is 3.12. The van der Waals surface area contributed by atoms with Crippen LogP contribution >= 0.6 is 0 Å². The van der Waals surface area contributed by atoms with E-state index in [1.165, 1.54) is 12.8 Å². The summed E-state index contributed by atoms with van der Waals surface area (Å²) in [7, 11) is 0. The molecule has 0 aromatic carbocycles. The van der Waals surface area contributed by atoms with Gasteiger partial charge in [-0.2, -0.15) is 0 Å². The van der Waals surface area contributed by atoms with Crippen LogP contribution in [-0.2, 0) is 9.59 Å². The number of carbonyl (C=O) groups excluding carboxylic acids is 1. The monoisotopic (exact) mass is 242 g/mol. The maximum Gasteiger partial charge on any atom is 0.326 e. The van der Waals surface area contributed by atoms with Crippen LogP contribution in [0.25, 0.3) is 0 Å². The van der Waals surface area contributed by atoms with E-state index in [0.29, 0.717) is 12.5 Å². The predicted octanol–water partition coefficient (Wildman–Crippen LogP) is 0.888. The SMILES string of the molecule is CCC[C@@H](NC(=O)CNC1CCCC1)C(=O)O. The van der Waals surface area contributed by atoms with Crippen molar-refractivity contribution in [2.45, 2.75) is 57.5 Å². The predicted molar refractivity (Wildman–Crippen MR) is 64.7 cm³/mol. The Morgan fingerprint density at radius 1 is 1.35 bits per heavy atom. The van der Waals surface area contributed by atoms with E-state index in [9.17, 15) is 9.59 Å². The van der Waals surface area contributed by atoms with Gasteiger partial charge in [0.15, 0.2) is 0 Å². The van der Waals surface area contributed by atoms with Gasteiger partial charge in [0.25, 0.3) is 0 Å². The second-order valence-electron chi connectivity index (χ2n) is 4.61. The third-order valence-electron chi connectivity index (χ3n) is 3.12. The van der Waals surface area contributed by atoms with Gasteiger partial charge in [-0.25, -0.2) is 4.79 Å². The first-order valence-electron chi connectivity index (χ1n) is 6.39. The van der Waals surface area contributed by atoms with Crippen LogP contribution in [0.5, 0.6) is 0 Å². The lowest BCUT2D eigenvalue weighted by Gasteiger charge is -2.15. The Morgan fingerprint density at radius 2 is 2.00 bits per heavy atom. The highest BCUT2D eigenvalue weighted by Gasteiger charge is 2.20. The number of carboxylic acid groups (broad SMARTS) is 1.